The zero-order valence-corrected chi connectivity index (χ0v) is 18.3. The van der Waals surface area contributed by atoms with Crippen LogP contribution in [0.1, 0.15) is 27.7 Å². The summed E-state index contributed by atoms with van der Waals surface area (Å²) >= 11 is 3.49. The number of hydrogen-bond donors (Lipinski definition) is 1. The third-order valence-corrected chi connectivity index (χ3v) is 5.72. The molecule has 1 N–H and O–H groups in total. The maximum Gasteiger partial charge on any atom is 0.273 e. The van der Waals surface area contributed by atoms with E-state index in [9.17, 15) is 14.9 Å². The van der Waals surface area contributed by atoms with Crippen LogP contribution in [0.25, 0.3) is 11.3 Å². The van der Waals surface area contributed by atoms with Crippen LogP contribution in [0, 0.1) is 10.1 Å². The lowest BCUT2D eigenvalue weighted by atomic mass is 9.96. The second-order valence-corrected chi connectivity index (χ2v) is 7.90. The standard InChI is InChI=1S/C21H19BrN4O5/c1-30-16(31-2)11-25-20(13-6-3-7-14(22)9-13)17-18(23-24-19(17)21(25)27)12-5-4-8-15(10-12)26(28)29/h3-10,16,20H,11H2,1-2H3,(H,23,24). The lowest BCUT2D eigenvalue weighted by molar-refractivity contribution is -0.384. The molecule has 2 heterocycles. The van der Waals surface area contributed by atoms with E-state index in [1.807, 2.05) is 24.3 Å². The number of halogens is 1. The highest BCUT2D eigenvalue weighted by Crippen LogP contribution is 2.43. The van der Waals surface area contributed by atoms with Gasteiger partial charge in [0, 0.05) is 42.0 Å². The second-order valence-electron chi connectivity index (χ2n) is 6.98. The fourth-order valence-corrected chi connectivity index (χ4v) is 4.22. The molecule has 2 aromatic carbocycles. The summed E-state index contributed by atoms with van der Waals surface area (Å²) in [6.45, 7) is 0.194. The van der Waals surface area contributed by atoms with Gasteiger partial charge in [0.1, 0.15) is 5.69 Å². The second kappa shape index (κ2) is 8.58. The van der Waals surface area contributed by atoms with Crippen LogP contribution in [0.5, 0.6) is 0 Å². The molecule has 9 nitrogen and oxygen atoms in total. The molecule has 0 aliphatic carbocycles. The Labute approximate surface area is 186 Å². The van der Waals surface area contributed by atoms with E-state index in [2.05, 4.69) is 26.1 Å². The Hall–Kier alpha value is -3.08. The van der Waals surface area contributed by atoms with E-state index in [0.717, 1.165) is 10.0 Å². The molecule has 0 saturated heterocycles. The molecule has 1 aliphatic rings. The van der Waals surface area contributed by atoms with E-state index in [-0.39, 0.29) is 18.1 Å². The number of hydrogen-bond acceptors (Lipinski definition) is 6. The average Bonchev–Trinajstić information content (AvgIpc) is 3.31. The molecule has 1 amide bonds. The van der Waals surface area contributed by atoms with Gasteiger partial charge in [0.25, 0.3) is 11.6 Å². The smallest absolute Gasteiger partial charge is 0.273 e. The van der Waals surface area contributed by atoms with Crippen LogP contribution in [0.2, 0.25) is 0 Å². The van der Waals surface area contributed by atoms with Crippen LogP contribution in [0.4, 0.5) is 5.69 Å². The number of aromatic amines is 1. The minimum Gasteiger partial charge on any atom is -0.354 e. The van der Waals surface area contributed by atoms with E-state index < -0.39 is 17.3 Å². The Morgan fingerprint density at radius 2 is 1.97 bits per heavy atom. The minimum absolute atomic E-state index is 0.0479. The summed E-state index contributed by atoms with van der Waals surface area (Å²) in [7, 11) is 3.02. The SMILES string of the molecule is COC(CN1C(=O)c2[nH]nc(-c3cccc([N+](=O)[O-])c3)c2C1c1cccc(Br)c1)OC. The lowest BCUT2D eigenvalue weighted by Crippen LogP contribution is -2.38. The Kier molecular flexibility index (Phi) is 5.86. The van der Waals surface area contributed by atoms with Gasteiger partial charge in [0.2, 0.25) is 0 Å². The Morgan fingerprint density at radius 3 is 2.65 bits per heavy atom. The van der Waals surface area contributed by atoms with Gasteiger partial charge in [-0.25, -0.2) is 0 Å². The molecule has 4 rings (SSSR count). The van der Waals surface area contributed by atoms with Crippen LogP contribution in [-0.4, -0.2) is 53.0 Å². The van der Waals surface area contributed by atoms with Crippen molar-refractivity contribution in [2.75, 3.05) is 20.8 Å². The van der Waals surface area contributed by atoms with Crippen molar-refractivity contribution in [1.29, 1.82) is 0 Å². The Bertz CT molecular complexity index is 1140. The number of carbonyl (C=O) groups is 1. The van der Waals surface area contributed by atoms with Crippen molar-refractivity contribution in [3.05, 3.63) is 79.9 Å². The van der Waals surface area contributed by atoms with Crippen molar-refractivity contribution in [2.45, 2.75) is 12.3 Å². The van der Waals surface area contributed by atoms with Gasteiger partial charge in [0.15, 0.2) is 6.29 Å². The number of ether oxygens (including phenoxy) is 2. The number of carbonyl (C=O) groups excluding carboxylic acids is 1. The summed E-state index contributed by atoms with van der Waals surface area (Å²) in [5.74, 6) is -0.247. The molecule has 1 atom stereocenters. The number of nitro groups is 1. The monoisotopic (exact) mass is 486 g/mol. The summed E-state index contributed by atoms with van der Waals surface area (Å²) in [6.07, 6.45) is -0.614. The van der Waals surface area contributed by atoms with Gasteiger partial charge in [-0.1, -0.05) is 40.2 Å². The molecule has 0 bridgehead atoms. The van der Waals surface area contributed by atoms with Gasteiger partial charge in [-0.2, -0.15) is 5.10 Å². The van der Waals surface area contributed by atoms with Gasteiger partial charge in [-0.05, 0) is 17.7 Å². The summed E-state index contributed by atoms with van der Waals surface area (Å²) in [5, 5.41) is 18.4. The lowest BCUT2D eigenvalue weighted by Gasteiger charge is -2.29. The average molecular weight is 487 g/mol. The molecule has 31 heavy (non-hydrogen) atoms. The van der Waals surface area contributed by atoms with Crippen molar-refractivity contribution < 1.29 is 19.2 Å². The van der Waals surface area contributed by atoms with Crippen LogP contribution in [0.3, 0.4) is 0 Å². The van der Waals surface area contributed by atoms with Crippen LogP contribution < -0.4 is 0 Å². The molecule has 0 fully saturated rings. The van der Waals surface area contributed by atoms with E-state index >= 15 is 0 Å². The first kappa shape index (κ1) is 21.2. The molecule has 1 unspecified atom stereocenters. The van der Waals surface area contributed by atoms with Gasteiger partial charge < -0.3 is 14.4 Å². The number of nitrogens with zero attached hydrogens (tertiary/aromatic N) is 3. The fraction of sp³-hybridized carbons (Fsp3) is 0.238. The first-order valence-corrected chi connectivity index (χ1v) is 10.2. The first-order valence-electron chi connectivity index (χ1n) is 9.39. The van der Waals surface area contributed by atoms with Crippen LogP contribution in [0.15, 0.2) is 53.0 Å². The largest absolute Gasteiger partial charge is 0.354 e. The third-order valence-electron chi connectivity index (χ3n) is 5.23. The van der Waals surface area contributed by atoms with Crippen molar-refractivity contribution in [3.63, 3.8) is 0 Å². The van der Waals surface area contributed by atoms with Crippen molar-refractivity contribution in [3.8, 4) is 11.3 Å². The molecule has 1 aliphatic heterocycles. The predicted molar refractivity (Wildman–Crippen MR) is 116 cm³/mol. The highest BCUT2D eigenvalue weighted by atomic mass is 79.9. The van der Waals surface area contributed by atoms with Gasteiger partial charge in [0.05, 0.1) is 23.2 Å². The molecular weight excluding hydrogens is 468 g/mol. The number of nitro benzene ring substituents is 1. The first-order chi connectivity index (χ1) is 14.9. The van der Waals surface area contributed by atoms with Gasteiger partial charge >= 0.3 is 0 Å². The normalized spacial score (nSPS) is 15.5. The molecule has 0 saturated carbocycles. The van der Waals surface area contributed by atoms with E-state index in [1.165, 1.54) is 26.4 Å². The van der Waals surface area contributed by atoms with E-state index in [4.69, 9.17) is 9.47 Å². The summed E-state index contributed by atoms with van der Waals surface area (Å²) in [6, 6.07) is 13.4. The number of benzene rings is 2. The van der Waals surface area contributed by atoms with E-state index in [1.54, 1.807) is 17.0 Å². The predicted octanol–water partition coefficient (Wildman–Crippen LogP) is 3.91. The molecule has 3 aromatic rings. The quantitative estimate of drug-likeness (QED) is 0.307. The zero-order chi connectivity index (χ0) is 22.1. The van der Waals surface area contributed by atoms with Crippen LogP contribution in [-0.2, 0) is 9.47 Å². The number of rotatable bonds is 7. The van der Waals surface area contributed by atoms with Gasteiger partial charge in [-0.15, -0.1) is 0 Å². The Morgan fingerprint density at radius 1 is 1.23 bits per heavy atom. The highest BCUT2D eigenvalue weighted by molar-refractivity contribution is 9.10. The number of fused-ring (bicyclic) bond motifs is 1. The van der Waals surface area contributed by atoms with Crippen molar-refractivity contribution >= 4 is 27.5 Å². The van der Waals surface area contributed by atoms with E-state index in [0.29, 0.717) is 22.5 Å². The van der Waals surface area contributed by atoms with Crippen LogP contribution >= 0.6 is 15.9 Å². The molecule has 1 aromatic heterocycles. The van der Waals surface area contributed by atoms with Gasteiger partial charge in [-0.3, -0.25) is 20.0 Å². The number of nitrogens with one attached hydrogen (secondary N) is 1. The maximum absolute atomic E-state index is 13.3. The van der Waals surface area contributed by atoms with Crippen molar-refractivity contribution in [1.82, 2.24) is 15.1 Å². The molecule has 0 spiro atoms. The summed E-state index contributed by atoms with van der Waals surface area (Å²) in [4.78, 5) is 25.7. The fourth-order valence-electron chi connectivity index (χ4n) is 3.80. The molecule has 10 heteroatoms. The summed E-state index contributed by atoms with van der Waals surface area (Å²) in [5.41, 5.74) is 2.86. The topological polar surface area (TPSA) is 111 Å². The Balaban J connectivity index is 1.87. The zero-order valence-electron chi connectivity index (χ0n) is 16.7. The number of non-ortho nitro benzene ring substituents is 1. The summed E-state index contributed by atoms with van der Waals surface area (Å²) < 4.78 is 11.5. The minimum atomic E-state index is -0.614. The molecule has 0 radical (unpaired) electrons. The number of aromatic nitrogens is 2. The maximum atomic E-state index is 13.3. The number of H-pyrrole nitrogens is 1. The number of amides is 1. The molecular formula is C21H19BrN4O5. The molecule has 160 valence electrons. The van der Waals surface area contributed by atoms with Crippen molar-refractivity contribution in [2.24, 2.45) is 0 Å². The number of methoxy groups -OCH3 is 2. The highest BCUT2D eigenvalue weighted by Gasteiger charge is 2.43. The third kappa shape index (κ3) is 3.85.